The Bertz CT molecular complexity index is 2860. The van der Waals surface area contributed by atoms with Crippen LogP contribution >= 0.6 is 48.2 Å². The number of hydrogen-bond donors (Lipinski definition) is 0. The predicted octanol–water partition coefficient (Wildman–Crippen LogP) is 20.8. The number of rotatable bonds is 20. The van der Waals surface area contributed by atoms with Crippen LogP contribution in [0.15, 0.2) is 74.2 Å². The normalized spacial score (nSPS) is 16.0. The molecule has 2 saturated carbocycles. The molecule has 0 aromatic heterocycles. The van der Waals surface area contributed by atoms with Crippen LogP contribution in [0.1, 0.15) is 200 Å². The molecule has 3 aliphatic rings. The fourth-order valence-corrected chi connectivity index (χ4v) is 12.7. The van der Waals surface area contributed by atoms with Gasteiger partial charge in [0.25, 0.3) is 15.9 Å². The number of carbonyl (C=O) groups is 2. The summed E-state index contributed by atoms with van der Waals surface area (Å²) < 4.78 is 180. The molecule has 2 bridgehead atoms. The molecule has 0 spiro atoms. The summed E-state index contributed by atoms with van der Waals surface area (Å²) in [5.41, 5.74) is 1.21. The first kappa shape index (κ1) is 94.3. The summed E-state index contributed by atoms with van der Waals surface area (Å²) in [5, 5.41) is 16.5. The van der Waals surface area contributed by atoms with E-state index in [1.54, 1.807) is 12.1 Å². The number of fused-ring (bicyclic) bond motifs is 3. The lowest BCUT2D eigenvalue weighted by atomic mass is 9.70. The van der Waals surface area contributed by atoms with Gasteiger partial charge < -0.3 is 0 Å². The summed E-state index contributed by atoms with van der Waals surface area (Å²) in [6.45, 7) is 37.6. The van der Waals surface area contributed by atoms with Crippen molar-refractivity contribution in [2.75, 3.05) is 41.2 Å². The van der Waals surface area contributed by atoms with E-state index in [2.05, 4.69) is 116 Å². The van der Waals surface area contributed by atoms with Crippen LogP contribution in [0.4, 0.5) is 48.3 Å². The molecule has 33 heteroatoms. The third-order valence-electron chi connectivity index (χ3n) is 13.1. The number of carbonyl (C=O) groups excluding carboxylic acids is 2. The van der Waals surface area contributed by atoms with Gasteiger partial charge in [0.1, 0.15) is 15.6 Å². The van der Waals surface area contributed by atoms with E-state index in [1.807, 2.05) is 69.2 Å². The van der Waals surface area contributed by atoms with Gasteiger partial charge in [-0.1, -0.05) is 169 Å². The summed E-state index contributed by atoms with van der Waals surface area (Å²) >= 11 is 2.34. The van der Waals surface area contributed by atoms with Crippen LogP contribution in [0.5, 0.6) is 0 Å². The van der Waals surface area contributed by atoms with Gasteiger partial charge in [-0.15, -0.1) is 17.3 Å². The predicted molar refractivity (Wildman–Crippen MR) is 339 cm³/mol. The maximum absolute atomic E-state index is 12.9. The van der Waals surface area contributed by atoms with E-state index in [-0.39, 0.29) is 51.4 Å². The maximum atomic E-state index is 12.9. The highest BCUT2D eigenvalue weighted by Crippen LogP contribution is 2.64. The molecule has 2 atom stereocenters. The number of Topliss-reactive ketones (excluding diaryl/α,β-unsaturated/α-hetero) is 1. The van der Waals surface area contributed by atoms with Gasteiger partial charge in [-0.3, -0.25) is 9.59 Å². The molecule has 0 saturated heterocycles. The average Bonchev–Trinajstić information content (AvgIpc) is 1.56. The Balaban J connectivity index is -0.00000107. The molecule has 542 valence electrons. The molecule has 2 unspecified atom stereocenters. The number of benzene rings is 4. The largest absolute Gasteiger partial charge is 0.416 e. The van der Waals surface area contributed by atoms with E-state index in [0.717, 1.165) is 54.7 Å². The van der Waals surface area contributed by atoms with Crippen molar-refractivity contribution < 1.29 is 123 Å². The van der Waals surface area contributed by atoms with Crippen LogP contribution in [0.3, 0.4) is 0 Å². The highest BCUT2D eigenvalue weighted by Gasteiger charge is 2.64. The third-order valence-corrected chi connectivity index (χ3v) is 17.6. The first-order chi connectivity index (χ1) is 44.1. The van der Waals surface area contributed by atoms with Crippen molar-refractivity contribution in [1.82, 2.24) is 4.31 Å². The van der Waals surface area contributed by atoms with Crippen molar-refractivity contribution in [1.29, 1.82) is 0 Å². The van der Waals surface area contributed by atoms with Crippen molar-refractivity contribution in [2.24, 2.45) is 16.7 Å². The molecule has 0 radical (unpaired) electrons. The van der Waals surface area contributed by atoms with Gasteiger partial charge in [-0.05, 0) is 89.0 Å². The number of sulfonamides is 1. The molecule has 2 fully saturated rings. The van der Waals surface area contributed by atoms with E-state index in [0.29, 0.717) is 47.3 Å². The Morgan fingerprint density at radius 2 is 0.957 bits per heavy atom. The zero-order valence-corrected chi connectivity index (χ0v) is 61.1. The Morgan fingerprint density at radius 3 is 1.32 bits per heavy atom. The summed E-state index contributed by atoms with van der Waals surface area (Å²) in [4.78, 5) is 39.7. The van der Waals surface area contributed by atoms with Crippen molar-refractivity contribution in [3.8, 4) is 0 Å². The maximum Gasteiger partial charge on any atom is 0.416 e. The lowest BCUT2D eigenvalue weighted by Gasteiger charge is -2.35. The number of nitrogens with zero attached hydrogens (tertiary/aromatic N) is 1. The lowest BCUT2D eigenvalue weighted by Crippen LogP contribution is -2.38. The molecule has 0 N–H and O–H groups in total. The highest BCUT2D eigenvalue weighted by molar-refractivity contribution is 7.95. The molecular weight excluding hydrogens is 1370 g/mol. The van der Waals surface area contributed by atoms with Crippen LogP contribution in [0.2, 0.25) is 0 Å². The fourth-order valence-electron chi connectivity index (χ4n) is 8.43. The SMILES string of the molecule is CC.CC.CC.CC.CC.CN1C(=O)c2ccccc2S1(=O)=O.COOOSCC12CCC(CC1=O)C2(C)C.COOOSc1c(C(C)C)cc(C(C)C)cc1C(C)C.COOOSc1c(F)c(F)c(F)c(F)c1F.COOOSc1cc(C(F)(F)F)cc(C(F)(F)F)c1. The van der Waals surface area contributed by atoms with Gasteiger partial charge in [0.15, 0.2) is 23.3 Å². The molecule has 4 aromatic rings. The van der Waals surface area contributed by atoms with Gasteiger partial charge in [0.05, 0.1) is 81.3 Å². The van der Waals surface area contributed by atoms with Crippen LogP contribution in [0, 0.1) is 45.8 Å². The zero-order valence-electron chi connectivity index (χ0n) is 57.0. The first-order valence-electron chi connectivity index (χ1n) is 29.4. The Hall–Kier alpha value is -3.88. The zero-order chi connectivity index (χ0) is 73.7. The number of hydrogen-bond acceptors (Lipinski definition) is 20. The van der Waals surface area contributed by atoms with Crippen molar-refractivity contribution in [3.63, 3.8) is 0 Å². The Kier molecular flexibility index (Phi) is 47.3. The fraction of sp³-hybridized carbons (Fsp3) is 0.574. The molecule has 1 heterocycles. The highest BCUT2D eigenvalue weighted by atomic mass is 32.2. The second kappa shape index (κ2) is 47.2. The summed E-state index contributed by atoms with van der Waals surface area (Å²) in [7, 11) is 2.58. The first-order valence-corrected chi connectivity index (χ1v) is 33.9. The quantitative estimate of drug-likeness (QED) is 0.0155. The topological polar surface area (TPSA) is 182 Å². The summed E-state index contributed by atoms with van der Waals surface area (Å²) in [6, 6.07) is 11.8. The minimum atomic E-state index is -4.90. The number of amides is 1. The average molecular weight is 1460 g/mol. The van der Waals surface area contributed by atoms with Crippen LogP contribution in [-0.2, 0) is 84.2 Å². The minimum Gasteiger partial charge on any atom is -0.299 e. The van der Waals surface area contributed by atoms with Gasteiger partial charge >= 0.3 is 12.4 Å². The van der Waals surface area contributed by atoms with Gasteiger partial charge in [-0.25, -0.2) is 54.2 Å². The van der Waals surface area contributed by atoms with Gasteiger partial charge in [0, 0.05) is 46.5 Å². The number of alkyl halides is 6. The molecule has 2 aliphatic carbocycles. The van der Waals surface area contributed by atoms with E-state index in [9.17, 15) is 66.3 Å². The number of ketones is 1. The minimum absolute atomic E-state index is 0.0151. The number of halogens is 11. The third kappa shape index (κ3) is 27.4. The van der Waals surface area contributed by atoms with Crippen molar-refractivity contribution >= 4 is 69.9 Å². The van der Waals surface area contributed by atoms with E-state index < -0.39 is 78.3 Å². The van der Waals surface area contributed by atoms with E-state index >= 15 is 0 Å². The Labute approximate surface area is 563 Å². The standard InChI is InChI=1S/C16H26O3S.C11H18O4S.C9H6F6O3S.C8H7NO3S.C7H3F5O3S.5C2H6/c1-10(2)13-8-14(11(3)4)16(20-19-18-17-7)15(9-13)12(5)6;1-10(2)8-4-5-11(10,9(12)6-8)7-16-15-14-13-3;1-16-17-18-19-7-3-5(8(10,11)12)2-6(4-7)9(13,14)15;1-9-8(10)6-4-2-3-5-7(6)13(9,11)12;1-13-14-15-16-7-5(11)3(9)2(8)4(10)6(7)12;5*1-2/h8-12H,1-7H3;8H,4-7H2,1-3H3;2-4H,1H3;2-5H,1H3;1H3;5*1-2H3. The molecule has 1 amide bonds. The van der Waals surface area contributed by atoms with Crippen LogP contribution in [0.25, 0.3) is 0 Å². The Morgan fingerprint density at radius 1 is 0.564 bits per heavy atom. The summed E-state index contributed by atoms with van der Waals surface area (Å²) in [6.07, 6.45) is -6.94. The van der Waals surface area contributed by atoms with Crippen LogP contribution < -0.4 is 0 Å². The van der Waals surface area contributed by atoms with Crippen molar-refractivity contribution in [2.45, 2.75) is 194 Å². The molecule has 7 rings (SSSR count). The summed E-state index contributed by atoms with van der Waals surface area (Å²) in [5.74, 6) is -7.90. The van der Waals surface area contributed by atoms with Crippen LogP contribution in [-0.4, -0.2) is 65.7 Å². The smallest absolute Gasteiger partial charge is 0.299 e. The molecule has 4 aromatic carbocycles. The van der Waals surface area contributed by atoms with Gasteiger partial charge in [0.2, 0.25) is 5.82 Å². The monoisotopic (exact) mass is 1460 g/mol. The second-order valence-corrected chi connectivity index (χ2v) is 24.1. The van der Waals surface area contributed by atoms with Gasteiger partial charge in [-0.2, -0.15) is 26.3 Å². The molecular formula is C61H90F11NO16S5. The van der Waals surface area contributed by atoms with Crippen molar-refractivity contribution in [3.05, 3.63) is 117 Å². The lowest BCUT2D eigenvalue weighted by molar-refractivity contribution is -0.447. The second-order valence-electron chi connectivity index (χ2n) is 19.3. The van der Waals surface area contributed by atoms with E-state index in [1.165, 1.54) is 62.1 Å². The van der Waals surface area contributed by atoms with E-state index in [4.69, 9.17) is 8.67 Å². The molecule has 94 heavy (non-hydrogen) atoms. The molecule has 17 nitrogen and oxygen atoms in total. The molecule has 1 aliphatic heterocycles.